The molecule has 0 aliphatic heterocycles. The van der Waals surface area contributed by atoms with E-state index in [0.717, 1.165) is 0 Å². The Kier molecular flexibility index (Phi) is 6.55. The van der Waals surface area contributed by atoms with Crippen LogP contribution in [0.5, 0.6) is 0 Å². The first kappa shape index (κ1) is 26.2. The van der Waals surface area contributed by atoms with Crippen molar-refractivity contribution in [1.29, 1.82) is 10.5 Å². The molecule has 0 bridgehead atoms. The van der Waals surface area contributed by atoms with Crippen molar-refractivity contribution in [2.75, 3.05) is 0 Å². The van der Waals surface area contributed by atoms with Gasteiger partial charge in [-0.2, -0.15) is 10.5 Å². The van der Waals surface area contributed by atoms with Gasteiger partial charge in [-0.15, -0.1) is 0 Å². The van der Waals surface area contributed by atoms with Crippen molar-refractivity contribution >= 4 is 0 Å². The second kappa shape index (κ2) is 9.52. The number of nitrogens with zero attached hydrogens (tertiary/aromatic N) is 3. The molecule has 13 heteroatoms. The van der Waals surface area contributed by atoms with Crippen LogP contribution in [0.25, 0.3) is 33.6 Å². The Morgan fingerprint density at radius 3 is 1.18 bits per heavy atom. The Morgan fingerprint density at radius 1 is 0.447 bits per heavy atom. The average molecular weight is 537 g/mol. The molecule has 0 unspecified atom stereocenters. The quantitative estimate of drug-likeness (QED) is 0.158. The third-order valence-corrected chi connectivity index (χ3v) is 5.27. The molecule has 4 aromatic rings. The number of rotatable bonds is 3. The van der Waals surface area contributed by atoms with Gasteiger partial charge in [0.05, 0.1) is 39.2 Å². The normalized spacial score (nSPS) is 10.8. The van der Waals surface area contributed by atoms with Crippen LogP contribution < -0.4 is 0 Å². The highest BCUT2D eigenvalue weighted by atomic mass is 19.2. The van der Waals surface area contributed by atoms with Gasteiger partial charge in [0.1, 0.15) is 52.9 Å². The first-order valence-electron chi connectivity index (χ1n) is 9.92. The van der Waals surface area contributed by atoms with E-state index in [2.05, 4.69) is 4.98 Å². The zero-order valence-electron chi connectivity index (χ0n) is 18.0. The lowest BCUT2D eigenvalue weighted by molar-refractivity contribution is 0.437. The van der Waals surface area contributed by atoms with Crippen LogP contribution in [-0.4, -0.2) is 4.98 Å². The van der Waals surface area contributed by atoms with E-state index >= 15 is 0 Å². The maximum Gasteiger partial charge on any atom is 0.195 e. The molecule has 0 fully saturated rings. The van der Waals surface area contributed by atoms with E-state index in [9.17, 15) is 54.4 Å². The Morgan fingerprint density at radius 2 is 0.816 bits per heavy atom. The van der Waals surface area contributed by atoms with Crippen LogP contribution in [0.4, 0.5) is 43.9 Å². The van der Waals surface area contributed by atoms with Crippen LogP contribution in [0.15, 0.2) is 30.3 Å². The van der Waals surface area contributed by atoms with Gasteiger partial charge in [0.15, 0.2) is 17.5 Å². The summed E-state index contributed by atoms with van der Waals surface area (Å²) in [5.74, 6) is -18.5. The smallest absolute Gasteiger partial charge is 0.195 e. The molecule has 0 atom stereocenters. The topological polar surface area (TPSA) is 60.5 Å². The fraction of sp³-hybridized carbons (Fsp3) is 0. The number of pyridine rings is 1. The fourth-order valence-electron chi connectivity index (χ4n) is 3.75. The second-order valence-corrected chi connectivity index (χ2v) is 7.49. The van der Waals surface area contributed by atoms with E-state index in [1.807, 2.05) is 0 Å². The first-order valence-corrected chi connectivity index (χ1v) is 9.92. The van der Waals surface area contributed by atoms with Gasteiger partial charge >= 0.3 is 0 Å². The highest BCUT2D eigenvalue weighted by Gasteiger charge is 2.33. The highest BCUT2D eigenvalue weighted by Crippen LogP contribution is 2.43. The Balaban J connectivity index is 2.33. The summed E-state index contributed by atoms with van der Waals surface area (Å²) in [5, 5.41) is 19.5. The second-order valence-electron chi connectivity index (χ2n) is 7.49. The van der Waals surface area contributed by atoms with Gasteiger partial charge in [-0.25, -0.2) is 48.9 Å². The number of aromatic nitrogens is 1. The van der Waals surface area contributed by atoms with Gasteiger partial charge in [0, 0.05) is 35.9 Å². The number of nitriles is 2. The standard InChI is InChI=1S/C25H5F10N3/c26-8-1-12(28)19(13(29)2-8)24-10(6-36)18(21-16(32)5-17(33)22(34)23(21)35)11(7-37)25(38-24)20-14(30)3-9(27)4-15(20)31/h1-5H. The first-order chi connectivity index (χ1) is 17.9. The highest BCUT2D eigenvalue weighted by molar-refractivity contribution is 5.90. The van der Waals surface area contributed by atoms with Crippen molar-refractivity contribution in [3.8, 4) is 45.8 Å². The lowest BCUT2D eigenvalue weighted by atomic mass is 9.88. The fourth-order valence-corrected chi connectivity index (χ4v) is 3.75. The summed E-state index contributed by atoms with van der Waals surface area (Å²) in [5.41, 5.74) is -10.6. The summed E-state index contributed by atoms with van der Waals surface area (Å²) in [6.07, 6.45) is 0. The molecular formula is C25H5F10N3. The number of benzene rings is 3. The average Bonchev–Trinajstić information content (AvgIpc) is 2.81. The molecule has 1 aromatic heterocycles. The van der Waals surface area contributed by atoms with Crippen LogP contribution in [-0.2, 0) is 0 Å². The van der Waals surface area contributed by atoms with Crippen LogP contribution >= 0.6 is 0 Å². The molecule has 0 saturated heterocycles. The van der Waals surface area contributed by atoms with Gasteiger partial charge in [0.2, 0.25) is 0 Å². The Bertz CT molecular complexity index is 1610. The molecule has 0 radical (unpaired) electrons. The van der Waals surface area contributed by atoms with E-state index in [4.69, 9.17) is 0 Å². The van der Waals surface area contributed by atoms with E-state index < -0.39 is 103 Å². The third kappa shape index (κ3) is 4.08. The zero-order chi connectivity index (χ0) is 28.0. The summed E-state index contributed by atoms with van der Waals surface area (Å²) < 4.78 is 143. The molecule has 1 heterocycles. The van der Waals surface area contributed by atoms with E-state index in [-0.39, 0.29) is 30.3 Å². The van der Waals surface area contributed by atoms with Crippen LogP contribution in [0.1, 0.15) is 11.1 Å². The number of halogens is 10. The maximum absolute atomic E-state index is 14.8. The summed E-state index contributed by atoms with van der Waals surface area (Å²) in [7, 11) is 0. The number of hydrogen-bond acceptors (Lipinski definition) is 3. The monoisotopic (exact) mass is 537 g/mol. The molecule has 0 aliphatic carbocycles. The minimum Gasteiger partial charge on any atom is -0.245 e. The molecule has 3 aromatic carbocycles. The van der Waals surface area contributed by atoms with E-state index in [1.165, 1.54) is 12.1 Å². The Labute approximate surface area is 205 Å². The van der Waals surface area contributed by atoms with Gasteiger partial charge in [-0.1, -0.05) is 0 Å². The molecule has 0 saturated carbocycles. The molecule has 190 valence electrons. The largest absolute Gasteiger partial charge is 0.245 e. The van der Waals surface area contributed by atoms with Crippen molar-refractivity contribution in [2.24, 2.45) is 0 Å². The van der Waals surface area contributed by atoms with Crippen LogP contribution in [0, 0.1) is 80.8 Å². The molecular weight excluding hydrogens is 532 g/mol. The summed E-state index contributed by atoms with van der Waals surface area (Å²) in [6.45, 7) is 0. The Hall–Kier alpha value is -4.91. The van der Waals surface area contributed by atoms with Crippen LogP contribution in [0.3, 0.4) is 0 Å². The molecule has 4 rings (SSSR count). The minimum absolute atomic E-state index is 0.108. The molecule has 3 nitrogen and oxygen atoms in total. The molecule has 0 N–H and O–H groups in total. The SMILES string of the molecule is N#Cc1c(-c2c(F)cc(F)cc2F)nc(-c2c(F)cc(F)cc2F)c(C#N)c1-c1c(F)cc(F)c(F)c1F. The van der Waals surface area contributed by atoms with Crippen molar-refractivity contribution in [2.45, 2.75) is 0 Å². The molecule has 0 aliphatic rings. The van der Waals surface area contributed by atoms with E-state index in [1.54, 1.807) is 0 Å². The van der Waals surface area contributed by atoms with Gasteiger partial charge in [-0.3, -0.25) is 0 Å². The minimum atomic E-state index is -2.32. The zero-order valence-corrected chi connectivity index (χ0v) is 18.0. The molecule has 38 heavy (non-hydrogen) atoms. The van der Waals surface area contributed by atoms with E-state index in [0.29, 0.717) is 0 Å². The third-order valence-electron chi connectivity index (χ3n) is 5.27. The van der Waals surface area contributed by atoms with Crippen molar-refractivity contribution in [3.63, 3.8) is 0 Å². The number of hydrogen-bond donors (Lipinski definition) is 0. The predicted molar refractivity (Wildman–Crippen MR) is 110 cm³/mol. The van der Waals surface area contributed by atoms with Gasteiger partial charge in [0.25, 0.3) is 0 Å². The summed E-state index contributed by atoms with van der Waals surface area (Å²) in [4.78, 5) is 3.58. The lowest BCUT2D eigenvalue weighted by Crippen LogP contribution is -2.09. The predicted octanol–water partition coefficient (Wildman–Crippen LogP) is 7.22. The molecule has 0 spiro atoms. The van der Waals surface area contributed by atoms with Crippen molar-refractivity contribution in [3.05, 3.63) is 99.6 Å². The summed E-state index contributed by atoms with van der Waals surface area (Å²) >= 11 is 0. The van der Waals surface area contributed by atoms with Gasteiger partial charge in [-0.05, 0) is 0 Å². The summed E-state index contributed by atoms with van der Waals surface area (Å²) in [6, 6.07) is 2.79. The maximum atomic E-state index is 14.8. The van der Waals surface area contributed by atoms with Crippen molar-refractivity contribution in [1.82, 2.24) is 4.98 Å². The van der Waals surface area contributed by atoms with Crippen LogP contribution in [0.2, 0.25) is 0 Å². The lowest BCUT2D eigenvalue weighted by Gasteiger charge is -2.18. The van der Waals surface area contributed by atoms with Crippen molar-refractivity contribution < 1.29 is 43.9 Å². The molecule has 0 amide bonds. The van der Waals surface area contributed by atoms with Gasteiger partial charge < -0.3 is 0 Å².